The Morgan fingerprint density at radius 2 is 1.78 bits per heavy atom. The van der Waals surface area contributed by atoms with Crippen molar-refractivity contribution in [2.24, 2.45) is 0 Å². The highest BCUT2D eigenvalue weighted by Crippen LogP contribution is 2.36. The molecule has 0 spiro atoms. The van der Waals surface area contributed by atoms with E-state index in [9.17, 15) is 8.42 Å². The van der Waals surface area contributed by atoms with Crippen molar-refractivity contribution in [3.05, 3.63) is 53.7 Å². The maximum Gasteiger partial charge on any atom is 0.243 e. The monoisotopic (exact) mass is 386 g/mol. The second-order valence-electron chi connectivity index (χ2n) is 7.27. The number of aryl methyl sites for hydroxylation is 1. The van der Waals surface area contributed by atoms with E-state index in [0.717, 1.165) is 56.0 Å². The van der Waals surface area contributed by atoms with Gasteiger partial charge in [-0.05, 0) is 43.5 Å². The lowest BCUT2D eigenvalue weighted by atomic mass is 10.1. The van der Waals surface area contributed by atoms with Crippen LogP contribution < -0.4 is 10.2 Å². The number of nitrogens with zero attached hydrogens (tertiary/aromatic N) is 3. The van der Waals surface area contributed by atoms with Crippen molar-refractivity contribution in [1.29, 1.82) is 0 Å². The molecule has 1 N–H and O–H groups in total. The van der Waals surface area contributed by atoms with Crippen LogP contribution in [-0.2, 0) is 10.0 Å². The minimum Gasteiger partial charge on any atom is -0.354 e. The van der Waals surface area contributed by atoms with Crippen LogP contribution in [0.25, 0.3) is 0 Å². The average molecular weight is 387 g/mol. The minimum absolute atomic E-state index is 0.138. The zero-order chi connectivity index (χ0) is 18.9. The molecule has 27 heavy (non-hydrogen) atoms. The van der Waals surface area contributed by atoms with Gasteiger partial charge in [0.05, 0.1) is 10.9 Å². The SMILES string of the molecule is Cc1ccc(S(=O)(=O)N2CCCC2c2ccc(N3CCNCC3)nc2)cc1. The van der Waals surface area contributed by atoms with Gasteiger partial charge in [0, 0.05) is 38.9 Å². The maximum absolute atomic E-state index is 13.1. The van der Waals surface area contributed by atoms with Gasteiger partial charge >= 0.3 is 0 Å². The molecule has 0 saturated carbocycles. The smallest absolute Gasteiger partial charge is 0.243 e. The molecule has 0 bridgehead atoms. The molecule has 4 rings (SSSR count). The van der Waals surface area contributed by atoms with Crippen LogP contribution in [-0.4, -0.2) is 50.4 Å². The molecule has 2 saturated heterocycles. The zero-order valence-corrected chi connectivity index (χ0v) is 16.5. The molecule has 1 atom stereocenters. The van der Waals surface area contributed by atoms with E-state index in [4.69, 9.17) is 0 Å². The fraction of sp³-hybridized carbons (Fsp3) is 0.450. The van der Waals surface area contributed by atoms with Gasteiger partial charge in [-0.15, -0.1) is 0 Å². The summed E-state index contributed by atoms with van der Waals surface area (Å²) < 4.78 is 27.9. The predicted molar refractivity (Wildman–Crippen MR) is 106 cm³/mol. The van der Waals surface area contributed by atoms with Crippen LogP contribution in [0.5, 0.6) is 0 Å². The number of hydrogen-bond donors (Lipinski definition) is 1. The molecule has 0 aliphatic carbocycles. The molecule has 1 aromatic carbocycles. The van der Waals surface area contributed by atoms with E-state index in [1.165, 1.54) is 0 Å². The molecule has 3 heterocycles. The largest absolute Gasteiger partial charge is 0.354 e. The number of piperazine rings is 1. The van der Waals surface area contributed by atoms with Crippen LogP contribution in [0, 0.1) is 6.92 Å². The number of hydrogen-bond acceptors (Lipinski definition) is 5. The van der Waals surface area contributed by atoms with Crippen LogP contribution in [0.3, 0.4) is 0 Å². The van der Waals surface area contributed by atoms with Gasteiger partial charge in [-0.3, -0.25) is 0 Å². The standard InChI is InChI=1S/C20H26N4O2S/c1-16-4-7-18(8-5-16)27(25,26)24-12-2-3-19(24)17-6-9-20(22-15-17)23-13-10-21-11-14-23/h4-9,15,19,21H,2-3,10-14H2,1H3. The van der Waals surface area contributed by atoms with Crippen LogP contribution in [0.15, 0.2) is 47.5 Å². The van der Waals surface area contributed by atoms with Crippen LogP contribution in [0.1, 0.15) is 30.0 Å². The van der Waals surface area contributed by atoms with Crippen molar-refractivity contribution in [2.45, 2.75) is 30.7 Å². The van der Waals surface area contributed by atoms with Gasteiger partial charge < -0.3 is 10.2 Å². The van der Waals surface area contributed by atoms with Gasteiger partial charge in [0.2, 0.25) is 10.0 Å². The van der Waals surface area contributed by atoms with Crippen molar-refractivity contribution in [2.75, 3.05) is 37.6 Å². The van der Waals surface area contributed by atoms with E-state index in [0.29, 0.717) is 11.4 Å². The molecule has 1 unspecified atom stereocenters. The first-order valence-corrected chi connectivity index (χ1v) is 11.0. The third-order valence-corrected chi connectivity index (χ3v) is 7.35. The topological polar surface area (TPSA) is 65.5 Å². The molecule has 0 radical (unpaired) electrons. The first-order valence-electron chi connectivity index (χ1n) is 9.56. The summed E-state index contributed by atoms with van der Waals surface area (Å²) in [6.45, 7) is 6.35. The number of nitrogens with one attached hydrogen (secondary N) is 1. The van der Waals surface area contributed by atoms with E-state index in [-0.39, 0.29) is 6.04 Å². The summed E-state index contributed by atoms with van der Waals surface area (Å²) in [5.74, 6) is 0.964. The van der Waals surface area contributed by atoms with E-state index in [2.05, 4.69) is 15.2 Å². The lowest BCUT2D eigenvalue weighted by Gasteiger charge is -2.29. The fourth-order valence-electron chi connectivity index (χ4n) is 3.88. The zero-order valence-electron chi connectivity index (χ0n) is 15.6. The third-order valence-electron chi connectivity index (χ3n) is 5.43. The Kier molecular flexibility index (Phi) is 5.16. The normalized spacial score (nSPS) is 21.5. The van der Waals surface area contributed by atoms with Crippen molar-refractivity contribution in [1.82, 2.24) is 14.6 Å². The molecule has 0 amide bonds. The first kappa shape index (κ1) is 18.4. The van der Waals surface area contributed by atoms with Gasteiger partial charge in [0.15, 0.2) is 0 Å². The predicted octanol–water partition coefficient (Wildman–Crippen LogP) is 2.33. The summed E-state index contributed by atoms with van der Waals surface area (Å²) >= 11 is 0. The number of sulfonamides is 1. The van der Waals surface area contributed by atoms with Gasteiger partial charge in [0.25, 0.3) is 0 Å². The van der Waals surface area contributed by atoms with Gasteiger partial charge in [-0.1, -0.05) is 23.8 Å². The van der Waals surface area contributed by atoms with Crippen LogP contribution in [0.2, 0.25) is 0 Å². The van der Waals surface area contributed by atoms with Crippen LogP contribution >= 0.6 is 0 Å². The van der Waals surface area contributed by atoms with E-state index in [1.807, 2.05) is 37.4 Å². The maximum atomic E-state index is 13.1. The highest BCUT2D eigenvalue weighted by atomic mass is 32.2. The number of aromatic nitrogens is 1. The molecular weight excluding hydrogens is 360 g/mol. The number of benzene rings is 1. The summed E-state index contributed by atoms with van der Waals surface area (Å²) in [5.41, 5.74) is 2.03. The van der Waals surface area contributed by atoms with Crippen LogP contribution in [0.4, 0.5) is 5.82 Å². The molecule has 2 fully saturated rings. The fourth-order valence-corrected chi connectivity index (χ4v) is 5.56. The average Bonchev–Trinajstić information content (AvgIpc) is 3.20. The Morgan fingerprint density at radius 3 is 2.44 bits per heavy atom. The van der Waals surface area contributed by atoms with Gasteiger partial charge in [-0.25, -0.2) is 13.4 Å². The van der Waals surface area contributed by atoms with Gasteiger partial charge in [0.1, 0.15) is 5.82 Å². The lowest BCUT2D eigenvalue weighted by Crippen LogP contribution is -2.43. The molecule has 2 aromatic rings. The van der Waals surface area contributed by atoms with E-state index < -0.39 is 10.0 Å². The Labute approximate surface area is 161 Å². The molecule has 2 aliphatic heterocycles. The van der Waals surface area contributed by atoms with Crippen molar-refractivity contribution in [3.8, 4) is 0 Å². The minimum atomic E-state index is -3.50. The highest BCUT2D eigenvalue weighted by Gasteiger charge is 2.36. The summed E-state index contributed by atoms with van der Waals surface area (Å²) in [4.78, 5) is 7.25. The Hall–Kier alpha value is -1.96. The first-order chi connectivity index (χ1) is 13.1. The van der Waals surface area contributed by atoms with Gasteiger partial charge in [-0.2, -0.15) is 4.31 Å². The quantitative estimate of drug-likeness (QED) is 0.874. The Morgan fingerprint density at radius 1 is 1.04 bits per heavy atom. The van der Waals surface area contributed by atoms with Crippen molar-refractivity contribution < 1.29 is 8.42 Å². The molecule has 1 aromatic heterocycles. The number of anilines is 1. The van der Waals surface area contributed by atoms with E-state index in [1.54, 1.807) is 16.4 Å². The summed E-state index contributed by atoms with van der Waals surface area (Å²) in [7, 11) is -3.50. The van der Waals surface area contributed by atoms with Crippen molar-refractivity contribution in [3.63, 3.8) is 0 Å². The number of pyridine rings is 1. The Bertz CT molecular complexity index is 875. The summed E-state index contributed by atoms with van der Waals surface area (Å²) in [5, 5.41) is 3.34. The second kappa shape index (κ2) is 7.58. The third kappa shape index (κ3) is 3.72. The van der Waals surface area contributed by atoms with Crippen molar-refractivity contribution >= 4 is 15.8 Å². The molecule has 6 nitrogen and oxygen atoms in total. The summed E-state index contributed by atoms with van der Waals surface area (Å²) in [6.07, 6.45) is 3.56. The Balaban J connectivity index is 1.56. The van der Waals surface area contributed by atoms with E-state index >= 15 is 0 Å². The highest BCUT2D eigenvalue weighted by molar-refractivity contribution is 7.89. The molecule has 7 heteroatoms. The summed E-state index contributed by atoms with van der Waals surface area (Å²) in [6, 6.07) is 11.0. The molecular formula is C20H26N4O2S. The molecule has 144 valence electrons. The number of rotatable bonds is 4. The molecule has 2 aliphatic rings. The second-order valence-corrected chi connectivity index (χ2v) is 9.16. The lowest BCUT2D eigenvalue weighted by molar-refractivity contribution is 0.396.